The number of methoxy groups -OCH3 is 1. The Hall–Kier alpha value is -2.21. The number of aromatic nitrogens is 2. The minimum Gasteiger partial charge on any atom is -0.484 e. The Balaban J connectivity index is 1.89. The molecule has 19 heavy (non-hydrogen) atoms. The lowest BCUT2D eigenvalue weighted by Crippen LogP contribution is -2.31. The summed E-state index contributed by atoms with van der Waals surface area (Å²) in [7, 11) is 1.58. The molecule has 0 spiro atoms. The van der Waals surface area contributed by atoms with Gasteiger partial charge in [0.2, 0.25) is 0 Å². The highest BCUT2D eigenvalue weighted by Gasteiger charge is 2.03. The van der Waals surface area contributed by atoms with E-state index in [2.05, 4.69) is 15.3 Å². The number of nitrogens with zero attached hydrogens (tertiary/aromatic N) is 2. The number of nitrogens with one attached hydrogen (secondary N) is 1. The molecule has 1 aromatic heterocycles. The third kappa shape index (κ3) is 3.89. The Morgan fingerprint density at radius 1 is 1.26 bits per heavy atom. The maximum absolute atomic E-state index is 11.4. The van der Waals surface area contributed by atoms with Crippen LogP contribution >= 0.6 is 0 Å². The summed E-state index contributed by atoms with van der Waals surface area (Å²) >= 11 is 0. The molecule has 1 heterocycles. The zero-order valence-corrected chi connectivity index (χ0v) is 10.6. The summed E-state index contributed by atoms with van der Waals surface area (Å²) < 4.78 is 10.2. The molecule has 0 radical (unpaired) electrons. The quantitative estimate of drug-likeness (QED) is 0.777. The van der Waals surface area contributed by atoms with E-state index in [1.165, 1.54) is 0 Å². The summed E-state index contributed by atoms with van der Waals surface area (Å²) in [6.45, 7) is 0.925. The van der Waals surface area contributed by atoms with E-state index in [-0.39, 0.29) is 12.5 Å². The molecule has 0 atom stereocenters. The summed E-state index contributed by atoms with van der Waals surface area (Å²) in [5, 5.41) is 2.67. The van der Waals surface area contributed by atoms with Gasteiger partial charge in [-0.15, -0.1) is 0 Å². The van der Waals surface area contributed by atoms with Gasteiger partial charge in [0.1, 0.15) is 5.75 Å². The fourth-order valence-corrected chi connectivity index (χ4v) is 1.53. The molecule has 0 bridgehead atoms. The Kier molecular flexibility index (Phi) is 4.63. The fraction of sp³-hybridized carbons (Fsp3) is 0.308. The van der Waals surface area contributed by atoms with Crippen molar-refractivity contribution in [3.63, 3.8) is 0 Å². The Morgan fingerprint density at radius 2 is 2.05 bits per heavy atom. The molecule has 0 saturated carbocycles. The molecular formula is C13H15N3O3. The van der Waals surface area contributed by atoms with E-state index in [4.69, 9.17) is 9.47 Å². The van der Waals surface area contributed by atoms with Crippen LogP contribution in [0, 0.1) is 0 Å². The van der Waals surface area contributed by atoms with Crippen LogP contribution in [-0.2, 0) is 9.53 Å². The van der Waals surface area contributed by atoms with Crippen molar-refractivity contribution in [2.24, 2.45) is 0 Å². The van der Waals surface area contributed by atoms with Crippen LogP contribution in [0.15, 0.2) is 30.6 Å². The summed E-state index contributed by atoms with van der Waals surface area (Å²) in [6, 6.07) is 5.32. The van der Waals surface area contributed by atoms with Crippen LogP contribution in [0.25, 0.3) is 11.0 Å². The molecule has 1 aromatic carbocycles. The molecular weight excluding hydrogens is 246 g/mol. The fourth-order valence-electron chi connectivity index (χ4n) is 1.53. The molecule has 6 heteroatoms. The highest BCUT2D eigenvalue weighted by atomic mass is 16.5. The van der Waals surface area contributed by atoms with Crippen LogP contribution in [0.1, 0.15) is 0 Å². The number of carbonyl (C=O) groups is 1. The zero-order valence-electron chi connectivity index (χ0n) is 10.6. The van der Waals surface area contributed by atoms with Gasteiger partial charge >= 0.3 is 0 Å². The third-order valence-electron chi connectivity index (χ3n) is 2.44. The first-order chi connectivity index (χ1) is 9.29. The second-order valence-corrected chi connectivity index (χ2v) is 3.84. The lowest BCUT2D eigenvalue weighted by Gasteiger charge is -2.07. The minimum absolute atomic E-state index is 0.0323. The molecule has 0 unspecified atom stereocenters. The van der Waals surface area contributed by atoms with Gasteiger partial charge in [0, 0.05) is 32.1 Å². The van der Waals surface area contributed by atoms with Crippen LogP contribution in [0.5, 0.6) is 5.75 Å². The smallest absolute Gasteiger partial charge is 0.258 e. The van der Waals surface area contributed by atoms with E-state index in [0.29, 0.717) is 18.9 Å². The van der Waals surface area contributed by atoms with Gasteiger partial charge in [0.15, 0.2) is 6.61 Å². The van der Waals surface area contributed by atoms with Gasteiger partial charge in [-0.2, -0.15) is 0 Å². The normalized spacial score (nSPS) is 10.4. The monoisotopic (exact) mass is 261 g/mol. The number of carbonyl (C=O) groups excluding carboxylic acids is 1. The number of hydrogen-bond acceptors (Lipinski definition) is 5. The van der Waals surface area contributed by atoms with Crippen molar-refractivity contribution in [2.75, 3.05) is 26.9 Å². The molecule has 0 aliphatic heterocycles. The van der Waals surface area contributed by atoms with E-state index in [1.54, 1.807) is 37.7 Å². The topological polar surface area (TPSA) is 73.3 Å². The minimum atomic E-state index is -0.184. The van der Waals surface area contributed by atoms with Crippen molar-refractivity contribution in [2.45, 2.75) is 0 Å². The zero-order chi connectivity index (χ0) is 13.5. The summed E-state index contributed by atoms with van der Waals surface area (Å²) in [5.41, 5.74) is 1.53. The first-order valence-corrected chi connectivity index (χ1v) is 5.89. The van der Waals surface area contributed by atoms with E-state index in [9.17, 15) is 4.79 Å². The molecule has 0 aliphatic carbocycles. The first-order valence-electron chi connectivity index (χ1n) is 5.89. The lowest BCUT2D eigenvalue weighted by atomic mass is 10.3. The van der Waals surface area contributed by atoms with E-state index >= 15 is 0 Å². The van der Waals surface area contributed by atoms with Gasteiger partial charge < -0.3 is 14.8 Å². The van der Waals surface area contributed by atoms with Gasteiger partial charge in [0.25, 0.3) is 5.91 Å². The number of hydrogen-bond donors (Lipinski definition) is 1. The predicted molar refractivity (Wildman–Crippen MR) is 69.9 cm³/mol. The van der Waals surface area contributed by atoms with Crippen molar-refractivity contribution in [1.82, 2.24) is 15.3 Å². The van der Waals surface area contributed by atoms with E-state index in [0.717, 1.165) is 11.0 Å². The predicted octanol–water partition coefficient (Wildman–Crippen LogP) is 0.771. The highest BCUT2D eigenvalue weighted by molar-refractivity contribution is 5.78. The van der Waals surface area contributed by atoms with Crippen molar-refractivity contribution >= 4 is 16.9 Å². The van der Waals surface area contributed by atoms with Crippen LogP contribution in [0.2, 0.25) is 0 Å². The van der Waals surface area contributed by atoms with Gasteiger partial charge in [-0.1, -0.05) is 0 Å². The van der Waals surface area contributed by atoms with Crippen LogP contribution in [0.4, 0.5) is 0 Å². The molecule has 100 valence electrons. The number of fused-ring (bicyclic) bond motifs is 1. The Labute approximate surface area is 110 Å². The maximum Gasteiger partial charge on any atom is 0.258 e. The van der Waals surface area contributed by atoms with Crippen LogP contribution < -0.4 is 10.1 Å². The highest BCUT2D eigenvalue weighted by Crippen LogP contribution is 2.16. The van der Waals surface area contributed by atoms with Crippen molar-refractivity contribution < 1.29 is 14.3 Å². The molecule has 0 saturated heterocycles. The third-order valence-corrected chi connectivity index (χ3v) is 2.44. The number of ether oxygens (including phenoxy) is 2. The summed E-state index contributed by atoms with van der Waals surface area (Å²) in [5.74, 6) is 0.409. The summed E-state index contributed by atoms with van der Waals surface area (Å²) in [4.78, 5) is 19.8. The number of amides is 1. The SMILES string of the molecule is COCCNC(=O)COc1ccc2nccnc2c1. The molecule has 2 rings (SSSR count). The van der Waals surface area contributed by atoms with Crippen LogP contribution in [0.3, 0.4) is 0 Å². The molecule has 6 nitrogen and oxygen atoms in total. The van der Waals surface area contributed by atoms with Gasteiger partial charge in [-0.3, -0.25) is 14.8 Å². The Morgan fingerprint density at radius 3 is 2.84 bits per heavy atom. The van der Waals surface area contributed by atoms with Crippen molar-refractivity contribution in [1.29, 1.82) is 0 Å². The first kappa shape index (κ1) is 13.2. The number of rotatable bonds is 6. The average molecular weight is 261 g/mol. The average Bonchev–Trinajstić information content (AvgIpc) is 2.45. The molecule has 0 fully saturated rings. The van der Waals surface area contributed by atoms with E-state index < -0.39 is 0 Å². The standard InChI is InChI=1S/C13H15N3O3/c1-18-7-6-16-13(17)9-19-10-2-3-11-12(8-10)15-5-4-14-11/h2-5,8H,6-7,9H2,1H3,(H,16,17). The number of benzene rings is 1. The Bertz CT molecular complexity index is 560. The van der Waals surface area contributed by atoms with Gasteiger partial charge in [0.05, 0.1) is 17.6 Å². The second kappa shape index (κ2) is 6.65. The van der Waals surface area contributed by atoms with Gasteiger partial charge in [-0.25, -0.2) is 0 Å². The molecule has 1 amide bonds. The molecule has 2 aromatic rings. The molecule has 1 N–H and O–H groups in total. The molecule has 0 aliphatic rings. The summed E-state index contributed by atoms with van der Waals surface area (Å²) in [6.07, 6.45) is 3.25. The van der Waals surface area contributed by atoms with Crippen molar-refractivity contribution in [3.8, 4) is 5.75 Å². The lowest BCUT2D eigenvalue weighted by molar-refractivity contribution is -0.123. The maximum atomic E-state index is 11.4. The second-order valence-electron chi connectivity index (χ2n) is 3.84. The van der Waals surface area contributed by atoms with Crippen LogP contribution in [-0.4, -0.2) is 42.7 Å². The van der Waals surface area contributed by atoms with Gasteiger partial charge in [-0.05, 0) is 12.1 Å². The van der Waals surface area contributed by atoms with E-state index in [1.807, 2.05) is 0 Å². The van der Waals surface area contributed by atoms with Crippen molar-refractivity contribution in [3.05, 3.63) is 30.6 Å². The largest absolute Gasteiger partial charge is 0.484 e.